The van der Waals surface area contributed by atoms with E-state index < -0.39 is 5.97 Å². The third kappa shape index (κ3) is 3.92. The molecule has 0 spiro atoms. The number of hydrogen-bond donors (Lipinski definition) is 2. The first-order valence-electron chi connectivity index (χ1n) is 5.65. The minimum atomic E-state index is -0.945. The lowest BCUT2D eigenvalue weighted by molar-refractivity contribution is 0.0697. The molecule has 19 heavy (non-hydrogen) atoms. The molecule has 0 aliphatic rings. The summed E-state index contributed by atoms with van der Waals surface area (Å²) < 4.78 is 5.47. The molecule has 0 aliphatic heterocycles. The van der Waals surface area contributed by atoms with E-state index in [-0.39, 0.29) is 5.56 Å². The Labute approximate surface area is 114 Å². The number of aromatic carboxylic acids is 1. The monoisotopic (exact) mass is 279 g/mol. The van der Waals surface area contributed by atoms with E-state index in [1.54, 1.807) is 12.1 Å². The van der Waals surface area contributed by atoms with E-state index in [0.29, 0.717) is 18.9 Å². The van der Waals surface area contributed by atoms with Gasteiger partial charge in [0.25, 0.3) is 0 Å². The second kappa shape index (κ2) is 6.14. The summed E-state index contributed by atoms with van der Waals surface area (Å²) in [5.74, 6) is -0.305. The Morgan fingerprint density at radius 2 is 2.11 bits per heavy atom. The molecule has 0 radical (unpaired) electrons. The largest absolute Gasteiger partial charge is 0.492 e. The fraction of sp³-hybridized carbons (Fsp3) is 0.250. The topological polar surface area (TPSA) is 84.3 Å². The highest BCUT2D eigenvalue weighted by Gasteiger charge is 2.02. The Morgan fingerprint density at radius 3 is 2.68 bits per heavy atom. The van der Waals surface area contributed by atoms with Gasteiger partial charge in [-0.05, 0) is 31.2 Å². The van der Waals surface area contributed by atoms with Crippen molar-refractivity contribution < 1.29 is 14.6 Å². The summed E-state index contributed by atoms with van der Waals surface area (Å²) in [4.78, 5) is 10.7. The lowest BCUT2D eigenvalue weighted by atomic mass is 10.2. The standard InChI is InChI=1S/C12H13N3O3S/c1-8-14-15-12(19-8)13-6-7-18-10-4-2-9(3-5-10)11(16)17/h2-5H,6-7H2,1H3,(H,13,15)(H,16,17). The number of benzene rings is 1. The molecule has 1 aromatic heterocycles. The van der Waals surface area contributed by atoms with Crippen molar-refractivity contribution in [1.82, 2.24) is 10.2 Å². The summed E-state index contributed by atoms with van der Waals surface area (Å²) in [6.07, 6.45) is 0. The van der Waals surface area contributed by atoms with Gasteiger partial charge in [0.1, 0.15) is 17.4 Å². The average Bonchev–Trinajstić information content (AvgIpc) is 2.81. The third-order valence-corrected chi connectivity index (χ3v) is 3.07. The number of aryl methyl sites for hydroxylation is 1. The molecule has 6 nitrogen and oxygen atoms in total. The number of carboxylic acid groups (broad SMARTS) is 1. The summed E-state index contributed by atoms with van der Waals surface area (Å²) in [7, 11) is 0. The molecule has 0 atom stereocenters. The molecule has 2 aromatic rings. The lowest BCUT2D eigenvalue weighted by Crippen LogP contribution is -2.11. The van der Waals surface area contributed by atoms with Crippen LogP contribution in [0.2, 0.25) is 0 Å². The van der Waals surface area contributed by atoms with Gasteiger partial charge in [-0.15, -0.1) is 10.2 Å². The summed E-state index contributed by atoms with van der Waals surface area (Å²) in [5, 5.41) is 21.3. The van der Waals surface area contributed by atoms with Crippen LogP contribution in [0.25, 0.3) is 0 Å². The molecular formula is C12H13N3O3S. The first kappa shape index (κ1) is 13.3. The van der Waals surface area contributed by atoms with Crippen molar-refractivity contribution in [3.8, 4) is 5.75 Å². The van der Waals surface area contributed by atoms with E-state index in [0.717, 1.165) is 10.1 Å². The molecule has 0 saturated heterocycles. The van der Waals surface area contributed by atoms with Crippen LogP contribution in [0.5, 0.6) is 5.75 Å². The van der Waals surface area contributed by atoms with Gasteiger partial charge in [-0.3, -0.25) is 0 Å². The van der Waals surface area contributed by atoms with Crippen LogP contribution in [0.3, 0.4) is 0 Å². The molecule has 1 heterocycles. The molecule has 0 saturated carbocycles. The molecule has 1 aromatic carbocycles. The van der Waals surface area contributed by atoms with Gasteiger partial charge >= 0.3 is 5.97 Å². The highest BCUT2D eigenvalue weighted by Crippen LogP contribution is 2.14. The molecule has 100 valence electrons. The van der Waals surface area contributed by atoms with Gasteiger partial charge in [-0.25, -0.2) is 4.79 Å². The van der Waals surface area contributed by atoms with Gasteiger partial charge in [0.15, 0.2) is 0 Å². The van der Waals surface area contributed by atoms with E-state index in [9.17, 15) is 4.79 Å². The van der Waals surface area contributed by atoms with Gasteiger partial charge in [-0.2, -0.15) is 0 Å². The van der Waals surface area contributed by atoms with Crippen LogP contribution in [0.1, 0.15) is 15.4 Å². The van der Waals surface area contributed by atoms with Crippen molar-refractivity contribution in [1.29, 1.82) is 0 Å². The van der Waals surface area contributed by atoms with Crippen LogP contribution in [0, 0.1) is 6.92 Å². The van der Waals surface area contributed by atoms with E-state index in [2.05, 4.69) is 15.5 Å². The minimum Gasteiger partial charge on any atom is -0.492 e. The van der Waals surface area contributed by atoms with Crippen molar-refractivity contribution in [3.05, 3.63) is 34.8 Å². The number of ether oxygens (including phenoxy) is 1. The number of nitrogens with one attached hydrogen (secondary N) is 1. The van der Waals surface area contributed by atoms with E-state index >= 15 is 0 Å². The Kier molecular flexibility index (Phi) is 4.30. The van der Waals surface area contributed by atoms with Crippen molar-refractivity contribution in [2.45, 2.75) is 6.92 Å². The van der Waals surface area contributed by atoms with Crippen LogP contribution in [-0.4, -0.2) is 34.4 Å². The molecule has 0 unspecified atom stereocenters. The van der Waals surface area contributed by atoms with Gasteiger partial charge in [0.2, 0.25) is 5.13 Å². The van der Waals surface area contributed by atoms with Gasteiger partial charge < -0.3 is 15.2 Å². The SMILES string of the molecule is Cc1nnc(NCCOc2ccc(C(=O)O)cc2)s1. The molecule has 2 N–H and O–H groups in total. The number of carbonyl (C=O) groups is 1. The summed E-state index contributed by atoms with van der Waals surface area (Å²) in [6.45, 7) is 2.96. The lowest BCUT2D eigenvalue weighted by Gasteiger charge is -2.06. The smallest absolute Gasteiger partial charge is 0.335 e. The molecule has 0 fully saturated rings. The molecular weight excluding hydrogens is 266 g/mol. The first-order valence-corrected chi connectivity index (χ1v) is 6.47. The highest BCUT2D eigenvalue weighted by atomic mass is 32.1. The fourth-order valence-electron chi connectivity index (χ4n) is 1.39. The normalized spacial score (nSPS) is 10.2. The van der Waals surface area contributed by atoms with Crippen LogP contribution in [-0.2, 0) is 0 Å². The van der Waals surface area contributed by atoms with Crippen LogP contribution >= 0.6 is 11.3 Å². The van der Waals surface area contributed by atoms with Crippen molar-refractivity contribution in [2.75, 3.05) is 18.5 Å². The number of aromatic nitrogens is 2. The van der Waals surface area contributed by atoms with Gasteiger partial charge in [-0.1, -0.05) is 11.3 Å². The van der Waals surface area contributed by atoms with Crippen LogP contribution in [0.4, 0.5) is 5.13 Å². The Balaban J connectivity index is 1.75. The Bertz CT molecular complexity index is 554. The Hall–Kier alpha value is -2.15. The second-order valence-electron chi connectivity index (χ2n) is 3.73. The number of anilines is 1. The summed E-state index contributed by atoms with van der Waals surface area (Å²) >= 11 is 1.48. The predicted molar refractivity (Wildman–Crippen MR) is 72.0 cm³/mol. The van der Waals surface area contributed by atoms with E-state index in [1.165, 1.54) is 23.5 Å². The highest BCUT2D eigenvalue weighted by molar-refractivity contribution is 7.15. The van der Waals surface area contributed by atoms with Gasteiger partial charge in [0, 0.05) is 0 Å². The van der Waals surface area contributed by atoms with Gasteiger partial charge in [0.05, 0.1) is 12.1 Å². The quantitative estimate of drug-likeness (QED) is 0.787. The van der Waals surface area contributed by atoms with Crippen molar-refractivity contribution >= 4 is 22.4 Å². The second-order valence-corrected chi connectivity index (χ2v) is 4.91. The molecule has 7 heteroatoms. The van der Waals surface area contributed by atoms with E-state index in [4.69, 9.17) is 9.84 Å². The maximum absolute atomic E-state index is 10.7. The summed E-state index contributed by atoms with van der Waals surface area (Å²) in [6, 6.07) is 6.30. The predicted octanol–water partition coefficient (Wildman–Crippen LogP) is 2.04. The van der Waals surface area contributed by atoms with Crippen LogP contribution in [0.15, 0.2) is 24.3 Å². The maximum Gasteiger partial charge on any atom is 0.335 e. The zero-order valence-electron chi connectivity index (χ0n) is 10.3. The van der Waals surface area contributed by atoms with Crippen molar-refractivity contribution in [3.63, 3.8) is 0 Å². The summed E-state index contributed by atoms with van der Waals surface area (Å²) in [5.41, 5.74) is 0.245. The maximum atomic E-state index is 10.7. The minimum absolute atomic E-state index is 0.245. The number of carboxylic acids is 1. The Morgan fingerprint density at radius 1 is 1.37 bits per heavy atom. The fourth-order valence-corrected chi connectivity index (χ4v) is 2.01. The zero-order valence-corrected chi connectivity index (χ0v) is 11.1. The van der Waals surface area contributed by atoms with Crippen molar-refractivity contribution in [2.24, 2.45) is 0 Å². The number of nitrogens with zero attached hydrogens (tertiary/aromatic N) is 2. The third-order valence-electron chi connectivity index (χ3n) is 2.27. The average molecular weight is 279 g/mol. The molecule has 0 bridgehead atoms. The number of rotatable bonds is 6. The first-order chi connectivity index (χ1) is 9.15. The zero-order chi connectivity index (χ0) is 13.7. The molecule has 0 aliphatic carbocycles. The van der Waals surface area contributed by atoms with E-state index in [1.807, 2.05) is 6.92 Å². The number of hydrogen-bond acceptors (Lipinski definition) is 6. The molecule has 2 rings (SSSR count). The molecule has 0 amide bonds. The van der Waals surface area contributed by atoms with Crippen LogP contribution < -0.4 is 10.1 Å².